The molecular formula is C14H20O. The Labute approximate surface area is 92.1 Å². The Morgan fingerprint density at radius 2 is 2.13 bits per heavy atom. The van der Waals surface area contributed by atoms with Crippen LogP contribution in [0.3, 0.4) is 0 Å². The van der Waals surface area contributed by atoms with Crippen molar-refractivity contribution in [3.8, 4) is 0 Å². The van der Waals surface area contributed by atoms with Crippen molar-refractivity contribution in [1.29, 1.82) is 0 Å². The topological polar surface area (TPSA) is 20.2 Å². The first kappa shape index (κ1) is 10.7. The molecule has 0 bridgehead atoms. The minimum Gasteiger partial charge on any atom is -0.392 e. The van der Waals surface area contributed by atoms with Crippen molar-refractivity contribution in [1.82, 2.24) is 0 Å². The molecule has 0 aliphatic heterocycles. The summed E-state index contributed by atoms with van der Waals surface area (Å²) in [4.78, 5) is 0. The van der Waals surface area contributed by atoms with Gasteiger partial charge in [0, 0.05) is 5.92 Å². The molecule has 1 aliphatic carbocycles. The molecule has 2 rings (SSSR count). The summed E-state index contributed by atoms with van der Waals surface area (Å²) >= 11 is 0. The van der Waals surface area contributed by atoms with E-state index in [-0.39, 0.29) is 6.10 Å². The summed E-state index contributed by atoms with van der Waals surface area (Å²) in [5.41, 5.74) is 2.81. The smallest absolute Gasteiger partial charge is 0.0634 e. The van der Waals surface area contributed by atoms with Crippen molar-refractivity contribution in [2.75, 3.05) is 0 Å². The maximum Gasteiger partial charge on any atom is 0.0634 e. The normalized spacial score (nSPS) is 23.5. The molecule has 1 aromatic rings. The number of fused-ring (bicyclic) bond motifs is 1. The average Bonchev–Trinajstić information content (AvgIpc) is 2.70. The molecule has 0 saturated carbocycles. The van der Waals surface area contributed by atoms with Crippen LogP contribution in [0, 0.1) is 5.92 Å². The van der Waals surface area contributed by atoms with Gasteiger partial charge in [0.15, 0.2) is 0 Å². The Balaban J connectivity index is 2.20. The Hall–Kier alpha value is -0.820. The summed E-state index contributed by atoms with van der Waals surface area (Å²) in [6, 6.07) is 8.55. The molecule has 1 aliphatic rings. The number of benzene rings is 1. The number of aliphatic hydroxyl groups excluding tert-OH is 1. The fourth-order valence-electron chi connectivity index (χ4n) is 2.58. The first-order valence-corrected chi connectivity index (χ1v) is 6.00. The summed E-state index contributed by atoms with van der Waals surface area (Å²) in [5, 5.41) is 10.3. The zero-order valence-electron chi connectivity index (χ0n) is 9.61. The van der Waals surface area contributed by atoms with Crippen molar-refractivity contribution >= 4 is 0 Å². The monoisotopic (exact) mass is 204 g/mol. The second-order valence-electron chi connectivity index (χ2n) is 4.72. The van der Waals surface area contributed by atoms with E-state index < -0.39 is 0 Å². The summed E-state index contributed by atoms with van der Waals surface area (Å²) in [5.74, 6) is 0.775. The van der Waals surface area contributed by atoms with Crippen LogP contribution in [-0.2, 0) is 6.42 Å². The molecule has 82 valence electrons. The lowest BCUT2D eigenvalue weighted by Crippen LogP contribution is -2.24. The van der Waals surface area contributed by atoms with E-state index >= 15 is 0 Å². The van der Waals surface area contributed by atoms with Gasteiger partial charge < -0.3 is 5.11 Å². The first-order valence-electron chi connectivity index (χ1n) is 6.00. The van der Waals surface area contributed by atoms with E-state index in [0.29, 0.717) is 11.8 Å². The molecule has 0 spiro atoms. The van der Waals surface area contributed by atoms with Crippen molar-refractivity contribution in [2.45, 2.75) is 45.1 Å². The van der Waals surface area contributed by atoms with Gasteiger partial charge in [-0.05, 0) is 29.9 Å². The molecule has 0 aromatic heterocycles. The second kappa shape index (κ2) is 4.36. The van der Waals surface area contributed by atoms with Gasteiger partial charge in [0.2, 0.25) is 0 Å². The van der Waals surface area contributed by atoms with Gasteiger partial charge >= 0.3 is 0 Å². The van der Waals surface area contributed by atoms with E-state index in [1.807, 2.05) is 0 Å². The number of rotatable bonds is 3. The van der Waals surface area contributed by atoms with Crippen LogP contribution in [0.5, 0.6) is 0 Å². The Kier molecular flexibility index (Phi) is 3.11. The third-order valence-electron chi connectivity index (χ3n) is 3.82. The van der Waals surface area contributed by atoms with Gasteiger partial charge in [-0.25, -0.2) is 0 Å². The second-order valence-corrected chi connectivity index (χ2v) is 4.72. The lowest BCUT2D eigenvalue weighted by Gasteiger charge is -2.24. The molecule has 0 fully saturated rings. The van der Waals surface area contributed by atoms with Crippen LogP contribution in [0.1, 0.15) is 43.7 Å². The van der Waals surface area contributed by atoms with Gasteiger partial charge in [-0.2, -0.15) is 0 Å². The summed E-state index contributed by atoms with van der Waals surface area (Å²) in [6.07, 6.45) is 3.14. The fraction of sp³-hybridized carbons (Fsp3) is 0.571. The van der Waals surface area contributed by atoms with Crippen LogP contribution in [0.4, 0.5) is 0 Å². The molecule has 0 saturated heterocycles. The first-order chi connectivity index (χ1) is 7.24. The van der Waals surface area contributed by atoms with Gasteiger partial charge in [-0.15, -0.1) is 0 Å². The average molecular weight is 204 g/mol. The fourth-order valence-corrected chi connectivity index (χ4v) is 2.58. The lowest BCUT2D eigenvalue weighted by molar-refractivity contribution is 0.0864. The quantitative estimate of drug-likeness (QED) is 0.802. The van der Waals surface area contributed by atoms with Gasteiger partial charge in [-0.3, -0.25) is 0 Å². The molecule has 0 amide bonds. The van der Waals surface area contributed by atoms with Gasteiger partial charge in [-0.1, -0.05) is 44.5 Å². The molecule has 0 radical (unpaired) electrons. The van der Waals surface area contributed by atoms with Crippen molar-refractivity contribution < 1.29 is 5.11 Å². The van der Waals surface area contributed by atoms with Gasteiger partial charge in [0.25, 0.3) is 0 Å². The van der Waals surface area contributed by atoms with Gasteiger partial charge in [0.05, 0.1) is 6.10 Å². The zero-order valence-corrected chi connectivity index (χ0v) is 9.61. The SMILES string of the molecule is CCC(C)C(O)C1CCc2ccccc21. The van der Waals surface area contributed by atoms with E-state index in [1.54, 1.807) is 0 Å². The Morgan fingerprint density at radius 3 is 2.87 bits per heavy atom. The molecular weight excluding hydrogens is 184 g/mol. The van der Waals surface area contributed by atoms with Crippen LogP contribution in [-0.4, -0.2) is 11.2 Å². The van der Waals surface area contributed by atoms with E-state index in [9.17, 15) is 5.11 Å². The Morgan fingerprint density at radius 1 is 1.40 bits per heavy atom. The van der Waals surface area contributed by atoms with Gasteiger partial charge in [0.1, 0.15) is 0 Å². The summed E-state index contributed by atoms with van der Waals surface area (Å²) < 4.78 is 0. The highest BCUT2D eigenvalue weighted by atomic mass is 16.3. The van der Waals surface area contributed by atoms with Crippen LogP contribution >= 0.6 is 0 Å². The molecule has 3 atom stereocenters. The van der Waals surface area contributed by atoms with Crippen LogP contribution in [0.2, 0.25) is 0 Å². The lowest BCUT2D eigenvalue weighted by atomic mass is 9.86. The highest BCUT2D eigenvalue weighted by molar-refractivity contribution is 5.35. The maximum absolute atomic E-state index is 10.3. The number of hydrogen-bond acceptors (Lipinski definition) is 1. The molecule has 0 heterocycles. The molecule has 3 unspecified atom stereocenters. The van der Waals surface area contributed by atoms with Crippen LogP contribution in [0.25, 0.3) is 0 Å². The van der Waals surface area contributed by atoms with Crippen molar-refractivity contribution in [3.05, 3.63) is 35.4 Å². The van der Waals surface area contributed by atoms with E-state index in [1.165, 1.54) is 11.1 Å². The standard InChI is InChI=1S/C14H20O/c1-3-10(2)14(15)13-9-8-11-6-4-5-7-12(11)13/h4-7,10,13-15H,3,8-9H2,1-2H3. The van der Waals surface area contributed by atoms with Crippen LogP contribution < -0.4 is 0 Å². The Bertz CT molecular complexity index is 332. The third kappa shape index (κ3) is 1.93. The summed E-state index contributed by atoms with van der Waals surface area (Å²) in [7, 11) is 0. The third-order valence-corrected chi connectivity index (χ3v) is 3.82. The van der Waals surface area contributed by atoms with Crippen molar-refractivity contribution in [2.24, 2.45) is 5.92 Å². The minimum atomic E-state index is -0.168. The minimum absolute atomic E-state index is 0.168. The number of aryl methyl sites for hydroxylation is 1. The highest BCUT2D eigenvalue weighted by Crippen LogP contribution is 2.37. The summed E-state index contributed by atoms with van der Waals surface area (Å²) in [6.45, 7) is 4.29. The maximum atomic E-state index is 10.3. The highest BCUT2D eigenvalue weighted by Gasteiger charge is 2.30. The molecule has 1 aromatic carbocycles. The van der Waals surface area contributed by atoms with E-state index in [4.69, 9.17) is 0 Å². The number of hydrogen-bond donors (Lipinski definition) is 1. The predicted molar refractivity (Wildman–Crippen MR) is 63.0 cm³/mol. The molecule has 15 heavy (non-hydrogen) atoms. The molecule has 1 N–H and O–H groups in total. The molecule has 1 nitrogen and oxygen atoms in total. The molecule has 1 heteroatoms. The zero-order chi connectivity index (χ0) is 10.8. The van der Waals surface area contributed by atoms with E-state index in [2.05, 4.69) is 38.1 Å². The van der Waals surface area contributed by atoms with Crippen LogP contribution in [0.15, 0.2) is 24.3 Å². The largest absolute Gasteiger partial charge is 0.392 e. The van der Waals surface area contributed by atoms with E-state index in [0.717, 1.165) is 19.3 Å². The number of aliphatic hydroxyl groups is 1. The predicted octanol–water partition coefficient (Wildman–Crippen LogP) is 3.12. The van der Waals surface area contributed by atoms with Crippen molar-refractivity contribution in [3.63, 3.8) is 0 Å².